The molecule has 0 aliphatic heterocycles. The van der Waals surface area contributed by atoms with Gasteiger partial charge in [-0.1, -0.05) is 0 Å². The third kappa shape index (κ3) is 1.54. The van der Waals surface area contributed by atoms with E-state index in [1.165, 1.54) is 0 Å². The molecule has 0 unspecified atom stereocenters. The zero-order valence-corrected chi connectivity index (χ0v) is 10.3. The minimum atomic E-state index is 0.437. The van der Waals surface area contributed by atoms with Crippen molar-refractivity contribution in [3.05, 3.63) is 24.3 Å². The molecule has 6 heteroatoms. The molecule has 0 aromatic carbocycles. The molecular weight excluding hydrogens is 228 g/mol. The smallest absolute Gasteiger partial charge is 0.139 e. The van der Waals surface area contributed by atoms with Crippen LogP contribution in [0.1, 0.15) is 12.7 Å². The molecule has 0 fully saturated rings. The number of fused-ring (bicyclic) bond motifs is 3. The minimum absolute atomic E-state index is 0.437. The third-order valence-corrected chi connectivity index (χ3v) is 3.02. The van der Waals surface area contributed by atoms with Crippen molar-refractivity contribution < 1.29 is 0 Å². The van der Waals surface area contributed by atoms with Gasteiger partial charge < -0.3 is 14.9 Å². The fraction of sp³-hybridized carbons (Fsp3) is 0.250. The van der Waals surface area contributed by atoms with E-state index in [2.05, 4.69) is 20.3 Å². The zero-order chi connectivity index (χ0) is 12.7. The van der Waals surface area contributed by atoms with Gasteiger partial charge in [-0.15, -0.1) is 0 Å². The molecule has 0 bridgehead atoms. The van der Waals surface area contributed by atoms with Gasteiger partial charge in [0.25, 0.3) is 0 Å². The van der Waals surface area contributed by atoms with Crippen LogP contribution in [0.25, 0.3) is 22.1 Å². The number of hydrogen-bond donors (Lipinski definition) is 3. The monoisotopic (exact) mass is 242 g/mol. The summed E-state index contributed by atoms with van der Waals surface area (Å²) in [6, 6.07) is 2.01. The molecule has 3 aromatic rings. The van der Waals surface area contributed by atoms with E-state index in [1.807, 2.05) is 23.9 Å². The first kappa shape index (κ1) is 10.8. The van der Waals surface area contributed by atoms with E-state index in [1.54, 1.807) is 13.1 Å². The molecule has 0 radical (unpaired) electrons. The highest BCUT2D eigenvalue weighted by Crippen LogP contribution is 2.22. The number of aryl methyl sites for hydroxylation is 1. The lowest BCUT2D eigenvalue weighted by molar-refractivity contribution is 0.761. The lowest BCUT2D eigenvalue weighted by Crippen LogP contribution is -2.20. The highest BCUT2D eigenvalue weighted by Gasteiger charge is 2.11. The average molecular weight is 242 g/mol. The maximum Gasteiger partial charge on any atom is 0.139 e. The molecule has 3 rings (SSSR count). The Morgan fingerprint density at radius 3 is 3.17 bits per heavy atom. The maximum atomic E-state index is 7.39. The molecule has 3 aromatic heterocycles. The first-order valence-electron chi connectivity index (χ1n) is 5.73. The summed E-state index contributed by atoms with van der Waals surface area (Å²) in [4.78, 5) is 12.0. The first-order valence-corrected chi connectivity index (χ1v) is 5.73. The van der Waals surface area contributed by atoms with Crippen LogP contribution in [0, 0.1) is 5.41 Å². The molecule has 3 heterocycles. The van der Waals surface area contributed by atoms with Crippen molar-refractivity contribution in [1.82, 2.24) is 24.8 Å². The maximum absolute atomic E-state index is 7.39. The van der Waals surface area contributed by atoms with Crippen LogP contribution < -0.4 is 5.32 Å². The first-order chi connectivity index (χ1) is 8.66. The van der Waals surface area contributed by atoms with E-state index in [0.29, 0.717) is 12.4 Å². The quantitative estimate of drug-likeness (QED) is 0.471. The van der Waals surface area contributed by atoms with E-state index in [9.17, 15) is 0 Å². The van der Waals surface area contributed by atoms with Gasteiger partial charge in [0.2, 0.25) is 0 Å². The summed E-state index contributed by atoms with van der Waals surface area (Å²) in [7, 11) is 1.98. The van der Waals surface area contributed by atoms with Crippen LogP contribution in [0.5, 0.6) is 0 Å². The van der Waals surface area contributed by atoms with Crippen molar-refractivity contribution in [1.29, 1.82) is 5.41 Å². The predicted molar refractivity (Wildman–Crippen MR) is 70.6 cm³/mol. The Kier molecular flexibility index (Phi) is 2.29. The number of rotatable bonds is 2. The molecule has 6 nitrogen and oxygen atoms in total. The number of hydrogen-bond acceptors (Lipinski definition) is 3. The Labute approximate surface area is 104 Å². The molecule has 0 amide bonds. The van der Waals surface area contributed by atoms with Gasteiger partial charge in [-0.05, 0) is 13.0 Å². The molecule has 0 spiro atoms. The molecule has 92 valence electrons. The molecule has 0 aliphatic rings. The van der Waals surface area contributed by atoms with Gasteiger partial charge in [-0.3, -0.25) is 5.41 Å². The Morgan fingerprint density at radius 2 is 2.39 bits per heavy atom. The molecule has 0 atom stereocenters. The van der Waals surface area contributed by atoms with Gasteiger partial charge in [0, 0.05) is 18.6 Å². The normalized spacial score (nSPS) is 11.2. The lowest BCUT2D eigenvalue weighted by Gasteiger charge is -2.04. The summed E-state index contributed by atoms with van der Waals surface area (Å²) in [6.45, 7) is 2.26. The van der Waals surface area contributed by atoms with Gasteiger partial charge in [-0.2, -0.15) is 0 Å². The molecule has 3 N–H and O–H groups in total. The van der Waals surface area contributed by atoms with Gasteiger partial charge >= 0.3 is 0 Å². The Hall–Kier alpha value is -2.37. The highest BCUT2D eigenvalue weighted by atomic mass is 15.1. The average Bonchev–Trinajstić information content (AvgIpc) is 2.90. The van der Waals surface area contributed by atoms with Crippen LogP contribution in [0.15, 0.2) is 18.5 Å². The van der Waals surface area contributed by atoms with E-state index in [4.69, 9.17) is 5.41 Å². The molecular formula is C12H14N6. The molecule has 0 saturated heterocycles. The standard InChI is InChI=1S/C12H14N6/c1-7(13)15-6-10-17-9-5-16-12-8(3-4-14-12)11(9)18(10)2/h3-5H,6H2,1-2H3,(H2,13,15)(H,14,16). The fourth-order valence-corrected chi connectivity index (χ4v) is 2.13. The number of aromatic nitrogens is 4. The Balaban J connectivity index is 2.17. The van der Waals surface area contributed by atoms with E-state index >= 15 is 0 Å². The number of imidazole rings is 1. The van der Waals surface area contributed by atoms with Crippen molar-refractivity contribution in [2.24, 2.45) is 7.05 Å². The van der Waals surface area contributed by atoms with E-state index in [-0.39, 0.29) is 0 Å². The van der Waals surface area contributed by atoms with Crippen LogP contribution in [-0.4, -0.2) is 25.4 Å². The van der Waals surface area contributed by atoms with Crippen LogP contribution in [0.3, 0.4) is 0 Å². The second-order valence-electron chi connectivity index (χ2n) is 4.30. The number of nitrogens with one attached hydrogen (secondary N) is 3. The van der Waals surface area contributed by atoms with Crippen molar-refractivity contribution in [3.8, 4) is 0 Å². The zero-order valence-electron chi connectivity index (χ0n) is 10.3. The van der Waals surface area contributed by atoms with Crippen molar-refractivity contribution in [2.45, 2.75) is 13.5 Å². The van der Waals surface area contributed by atoms with Gasteiger partial charge in [-0.25, -0.2) is 9.97 Å². The fourth-order valence-electron chi connectivity index (χ4n) is 2.13. The number of amidine groups is 1. The number of H-pyrrole nitrogens is 1. The topological polar surface area (TPSA) is 82.4 Å². The van der Waals surface area contributed by atoms with Crippen LogP contribution in [0.4, 0.5) is 0 Å². The van der Waals surface area contributed by atoms with Crippen molar-refractivity contribution >= 4 is 27.9 Å². The lowest BCUT2D eigenvalue weighted by atomic mass is 10.3. The Morgan fingerprint density at radius 1 is 1.56 bits per heavy atom. The van der Waals surface area contributed by atoms with Gasteiger partial charge in [0.15, 0.2) is 0 Å². The summed E-state index contributed by atoms with van der Waals surface area (Å²) in [5.74, 6) is 1.33. The second kappa shape index (κ2) is 3.83. The summed E-state index contributed by atoms with van der Waals surface area (Å²) in [6.07, 6.45) is 3.65. The summed E-state index contributed by atoms with van der Waals surface area (Å²) in [5, 5.41) is 11.4. The summed E-state index contributed by atoms with van der Waals surface area (Å²) in [5.41, 5.74) is 2.82. The van der Waals surface area contributed by atoms with E-state index < -0.39 is 0 Å². The number of pyridine rings is 1. The Bertz CT molecular complexity index is 736. The van der Waals surface area contributed by atoms with Crippen LogP contribution in [-0.2, 0) is 13.6 Å². The van der Waals surface area contributed by atoms with Crippen molar-refractivity contribution in [3.63, 3.8) is 0 Å². The van der Waals surface area contributed by atoms with Crippen LogP contribution >= 0.6 is 0 Å². The molecule has 0 aliphatic carbocycles. The van der Waals surface area contributed by atoms with E-state index in [0.717, 1.165) is 27.9 Å². The second-order valence-corrected chi connectivity index (χ2v) is 4.30. The minimum Gasteiger partial charge on any atom is -0.367 e. The van der Waals surface area contributed by atoms with Crippen molar-refractivity contribution in [2.75, 3.05) is 0 Å². The summed E-state index contributed by atoms with van der Waals surface area (Å²) >= 11 is 0. The number of aromatic amines is 1. The SMILES string of the molecule is CC(=N)NCc1nc2cnc3[nH]ccc3c2n1C. The third-order valence-electron chi connectivity index (χ3n) is 3.02. The van der Waals surface area contributed by atoms with Crippen LogP contribution in [0.2, 0.25) is 0 Å². The molecule has 0 saturated carbocycles. The predicted octanol–water partition coefficient (Wildman–Crippen LogP) is 1.54. The highest BCUT2D eigenvalue weighted by molar-refractivity contribution is 6.01. The van der Waals surface area contributed by atoms with Gasteiger partial charge in [0.05, 0.1) is 24.1 Å². The largest absolute Gasteiger partial charge is 0.367 e. The van der Waals surface area contributed by atoms with Gasteiger partial charge in [0.1, 0.15) is 17.0 Å². The molecule has 18 heavy (non-hydrogen) atoms. The number of nitrogens with zero attached hydrogens (tertiary/aromatic N) is 3. The summed E-state index contributed by atoms with van der Waals surface area (Å²) < 4.78 is 2.04.